The molecule has 364 valence electrons. The van der Waals surface area contributed by atoms with Crippen molar-refractivity contribution in [3.63, 3.8) is 0 Å². The van der Waals surface area contributed by atoms with Crippen molar-refractivity contribution >= 4 is 51.4 Å². The Morgan fingerprint density at radius 3 is 1.46 bits per heavy atom. The molecular weight excluding hydrogens is 879 g/mol. The van der Waals surface area contributed by atoms with Crippen LogP contribution in [0.1, 0.15) is 143 Å². The molecule has 1 aliphatic heterocycles. The Labute approximate surface area is 411 Å². The number of hydrogen-bond donors (Lipinski definition) is 1. The van der Waals surface area contributed by atoms with Crippen molar-refractivity contribution in [2.75, 3.05) is 6.61 Å². The minimum Gasteiger partial charge on any atom is -0.494 e. The molecule has 0 aromatic heterocycles. The van der Waals surface area contributed by atoms with Crippen LogP contribution in [0.15, 0.2) is 154 Å². The van der Waals surface area contributed by atoms with Crippen molar-refractivity contribution in [2.45, 2.75) is 129 Å². The zero-order valence-corrected chi connectivity index (χ0v) is 41.1. The third-order valence-electron chi connectivity index (χ3n) is 12.1. The minimum absolute atomic E-state index is 0.160. The molecule has 12 heteroatoms. The van der Waals surface area contributed by atoms with E-state index in [1.807, 2.05) is 42.5 Å². The number of hydrogen-bond acceptors (Lipinski definition) is 12. The van der Waals surface area contributed by atoms with Crippen molar-refractivity contribution in [1.29, 1.82) is 0 Å². The van der Waals surface area contributed by atoms with Crippen LogP contribution in [0.2, 0.25) is 0 Å². The van der Waals surface area contributed by atoms with Gasteiger partial charge in [0.25, 0.3) is 0 Å². The first kappa shape index (κ1) is 50.8. The minimum atomic E-state index is -0.576. The predicted molar refractivity (Wildman–Crippen MR) is 275 cm³/mol. The van der Waals surface area contributed by atoms with Crippen LogP contribution >= 0.6 is 0 Å². The number of esters is 3. The van der Waals surface area contributed by atoms with Crippen molar-refractivity contribution in [1.82, 2.24) is 5.32 Å². The molecule has 6 aromatic rings. The SMILES string of the molecule is CCCCCCCCCCCCOc1ccc(N=Nc2ccc(N=Nc3ccc(C(=O)Oc4ccc5ccc(C(=O)Oc6ccc(C(=O)OC7CC(C)(C)NC(C)(C)C7)cc6)cc5c4)cc3)cc2)cc1. The molecule has 0 aliphatic carbocycles. The summed E-state index contributed by atoms with van der Waals surface area (Å²) in [4.78, 5) is 39.3. The van der Waals surface area contributed by atoms with Gasteiger partial charge in [0.2, 0.25) is 0 Å². The van der Waals surface area contributed by atoms with E-state index in [1.165, 1.54) is 57.8 Å². The average molecular weight is 944 g/mol. The highest BCUT2D eigenvalue weighted by molar-refractivity contribution is 5.97. The van der Waals surface area contributed by atoms with Gasteiger partial charge in [0.15, 0.2) is 0 Å². The van der Waals surface area contributed by atoms with Crippen molar-refractivity contribution in [3.05, 3.63) is 150 Å². The van der Waals surface area contributed by atoms with E-state index in [9.17, 15) is 14.4 Å². The number of rotatable bonds is 22. The molecule has 0 amide bonds. The topological polar surface area (TPSA) is 150 Å². The lowest BCUT2D eigenvalue weighted by atomic mass is 9.81. The molecule has 0 atom stereocenters. The van der Waals surface area contributed by atoms with Crippen molar-refractivity contribution in [2.24, 2.45) is 20.5 Å². The van der Waals surface area contributed by atoms with Gasteiger partial charge < -0.3 is 24.3 Å². The maximum absolute atomic E-state index is 13.2. The molecule has 7 rings (SSSR count). The molecule has 1 N–H and O–H groups in total. The molecule has 0 spiro atoms. The van der Waals surface area contributed by atoms with E-state index in [0.717, 1.165) is 29.9 Å². The summed E-state index contributed by atoms with van der Waals surface area (Å²) in [5, 5.41) is 22.5. The summed E-state index contributed by atoms with van der Waals surface area (Å²) in [6.45, 7) is 11.4. The van der Waals surface area contributed by atoms with Crippen LogP contribution in [0, 0.1) is 0 Å². The van der Waals surface area contributed by atoms with Crippen LogP contribution in [0.25, 0.3) is 10.8 Å². The fraction of sp³-hybridized carbons (Fsp3) is 0.362. The summed E-state index contributed by atoms with van der Waals surface area (Å²) >= 11 is 0. The standard InChI is InChI=1S/C58H65N5O7/c1-6-7-8-9-10-11-12-13-14-15-36-67-50-34-29-49(30-35-50)62-61-48-27-25-47(26-28-48)60-59-46-23-18-42(19-24-46)54(64)69-52-33-20-41-16-17-44(37-45(41)38-52)56(66)68-51-31-21-43(22-32-51)55(65)70-53-39-57(2,3)63-58(4,5)40-53/h16-35,37-38,53,63H,6-15,36,39-40H2,1-5H3. The van der Waals surface area contributed by atoms with Gasteiger partial charge in [-0.1, -0.05) is 76.8 Å². The Bertz CT molecular complexity index is 2720. The summed E-state index contributed by atoms with van der Waals surface area (Å²) in [6, 6.07) is 38.2. The number of benzene rings is 6. The van der Waals surface area contributed by atoms with Gasteiger partial charge in [-0.25, -0.2) is 14.4 Å². The highest BCUT2D eigenvalue weighted by Crippen LogP contribution is 2.32. The van der Waals surface area contributed by atoms with E-state index in [4.69, 9.17) is 18.9 Å². The molecule has 0 saturated carbocycles. The molecular formula is C58H65N5O7. The van der Waals surface area contributed by atoms with Crippen LogP contribution in [0.5, 0.6) is 17.2 Å². The second-order valence-corrected chi connectivity index (χ2v) is 19.3. The van der Waals surface area contributed by atoms with Crippen LogP contribution in [0.3, 0.4) is 0 Å². The molecule has 1 saturated heterocycles. The lowest BCUT2D eigenvalue weighted by molar-refractivity contribution is -0.00640. The smallest absolute Gasteiger partial charge is 0.343 e. The van der Waals surface area contributed by atoms with E-state index in [-0.39, 0.29) is 22.9 Å². The Kier molecular flexibility index (Phi) is 17.8. The fourth-order valence-electron chi connectivity index (χ4n) is 8.81. The van der Waals surface area contributed by atoms with Crippen molar-refractivity contribution in [3.8, 4) is 17.2 Å². The molecule has 0 radical (unpaired) electrons. The van der Waals surface area contributed by atoms with Gasteiger partial charge in [-0.15, -0.1) is 0 Å². The number of fused-ring (bicyclic) bond motifs is 1. The van der Waals surface area contributed by atoms with Gasteiger partial charge in [-0.2, -0.15) is 20.5 Å². The molecule has 0 bridgehead atoms. The third-order valence-corrected chi connectivity index (χ3v) is 12.1. The number of ether oxygens (including phenoxy) is 4. The highest BCUT2D eigenvalue weighted by atomic mass is 16.5. The Hall–Kier alpha value is -7.05. The molecule has 70 heavy (non-hydrogen) atoms. The molecule has 1 heterocycles. The summed E-state index contributed by atoms with van der Waals surface area (Å²) in [5.74, 6) is -0.115. The zero-order valence-electron chi connectivity index (χ0n) is 41.1. The molecule has 1 fully saturated rings. The number of azo groups is 2. The maximum atomic E-state index is 13.2. The van der Waals surface area contributed by atoms with Crippen molar-refractivity contribution < 1.29 is 33.3 Å². The number of nitrogens with zero attached hydrogens (tertiary/aromatic N) is 4. The van der Waals surface area contributed by atoms with Crippen LogP contribution in [0.4, 0.5) is 22.7 Å². The number of piperidine rings is 1. The quantitative estimate of drug-likeness (QED) is 0.0306. The normalized spacial score (nSPS) is 14.5. The number of unbranched alkanes of at least 4 members (excludes halogenated alkanes) is 9. The van der Waals surface area contributed by atoms with Crippen LogP contribution in [-0.2, 0) is 4.74 Å². The molecule has 0 unspecified atom stereocenters. The first-order chi connectivity index (χ1) is 33.8. The first-order valence-electron chi connectivity index (χ1n) is 24.6. The number of carbonyl (C=O) groups excluding carboxylic acids is 3. The Morgan fingerprint density at radius 2 is 0.886 bits per heavy atom. The van der Waals surface area contributed by atoms with Gasteiger partial charge in [0, 0.05) is 23.9 Å². The number of carbonyl (C=O) groups is 3. The van der Waals surface area contributed by atoms with Gasteiger partial charge in [0.05, 0.1) is 46.0 Å². The van der Waals surface area contributed by atoms with Gasteiger partial charge in [-0.3, -0.25) is 0 Å². The number of nitrogens with one attached hydrogen (secondary N) is 1. The Balaban J connectivity index is 0.837. The van der Waals surface area contributed by atoms with Gasteiger partial charge >= 0.3 is 17.9 Å². The van der Waals surface area contributed by atoms with Crippen LogP contribution in [-0.4, -0.2) is 41.7 Å². The van der Waals surface area contributed by atoms with Gasteiger partial charge in [-0.05, 0) is 166 Å². The predicted octanol–water partition coefficient (Wildman–Crippen LogP) is 15.9. The molecule has 1 aliphatic rings. The Morgan fingerprint density at radius 1 is 0.471 bits per heavy atom. The largest absolute Gasteiger partial charge is 0.494 e. The average Bonchev–Trinajstić information content (AvgIpc) is 3.34. The highest BCUT2D eigenvalue weighted by Gasteiger charge is 2.39. The second-order valence-electron chi connectivity index (χ2n) is 19.3. The van der Waals surface area contributed by atoms with E-state index in [1.54, 1.807) is 91.0 Å². The molecule has 12 nitrogen and oxygen atoms in total. The third kappa shape index (κ3) is 15.7. The monoisotopic (exact) mass is 943 g/mol. The summed E-state index contributed by atoms with van der Waals surface area (Å²) < 4.78 is 23.1. The van der Waals surface area contributed by atoms with E-state index < -0.39 is 17.9 Å². The zero-order chi connectivity index (χ0) is 49.4. The lowest BCUT2D eigenvalue weighted by Crippen LogP contribution is -2.59. The summed E-state index contributed by atoms with van der Waals surface area (Å²) in [7, 11) is 0. The van der Waals surface area contributed by atoms with Gasteiger partial charge in [0.1, 0.15) is 23.4 Å². The summed E-state index contributed by atoms with van der Waals surface area (Å²) in [6.07, 6.45) is 14.2. The summed E-state index contributed by atoms with van der Waals surface area (Å²) in [5.41, 5.74) is 3.29. The second kappa shape index (κ2) is 24.5. The van der Waals surface area contributed by atoms with E-state index >= 15 is 0 Å². The fourth-order valence-corrected chi connectivity index (χ4v) is 8.81. The maximum Gasteiger partial charge on any atom is 0.343 e. The first-order valence-corrected chi connectivity index (χ1v) is 24.6. The molecule has 6 aromatic carbocycles. The van der Waals surface area contributed by atoms with E-state index in [2.05, 4.69) is 60.4 Å². The van der Waals surface area contributed by atoms with Crippen LogP contribution < -0.4 is 19.5 Å². The lowest BCUT2D eigenvalue weighted by Gasteiger charge is -2.45. The van der Waals surface area contributed by atoms with E-state index in [0.29, 0.717) is 57.7 Å².